The fourth-order valence-electron chi connectivity index (χ4n) is 3.51. The lowest BCUT2D eigenvalue weighted by Crippen LogP contribution is -2.37. The van der Waals surface area contributed by atoms with E-state index in [1.165, 1.54) is 19.3 Å². The van der Waals surface area contributed by atoms with Crippen LogP contribution in [0, 0.1) is 0 Å². The van der Waals surface area contributed by atoms with E-state index in [1.54, 1.807) is 12.1 Å². The molecule has 0 spiro atoms. The lowest BCUT2D eigenvalue weighted by molar-refractivity contribution is 0.102. The molecule has 0 bridgehead atoms. The van der Waals surface area contributed by atoms with Gasteiger partial charge in [0.2, 0.25) is 0 Å². The Morgan fingerprint density at radius 2 is 1.93 bits per heavy atom. The SMILES string of the molecule is CC(C)Oc1ccc(C(=O)Nc2ccc(N3CCCCC3C)c(N)c2)cc1. The molecule has 27 heavy (non-hydrogen) atoms. The van der Waals surface area contributed by atoms with Crippen LogP contribution in [0.3, 0.4) is 0 Å². The van der Waals surface area contributed by atoms with E-state index >= 15 is 0 Å². The van der Waals surface area contributed by atoms with Crippen LogP contribution in [-0.4, -0.2) is 24.6 Å². The molecule has 2 aromatic carbocycles. The fourth-order valence-corrected chi connectivity index (χ4v) is 3.51. The second kappa shape index (κ2) is 8.33. The summed E-state index contributed by atoms with van der Waals surface area (Å²) in [7, 11) is 0. The molecule has 0 radical (unpaired) electrons. The molecule has 1 aliphatic rings. The van der Waals surface area contributed by atoms with Crippen molar-refractivity contribution in [1.29, 1.82) is 0 Å². The molecule has 2 aromatic rings. The van der Waals surface area contributed by atoms with Crippen molar-refractivity contribution >= 4 is 23.0 Å². The smallest absolute Gasteiger partial charge is 0.255 e. The first kappa shape index (κ1) is 19.1. The maximum absolute atomic E-state index is 12.5. The minimum Gasteiger partial charge on any atom is -0.491 e. The van der Waals surface area contributed by atoms with Crippen molar-refractivity contribution in [1.82, 2.24) is 0 Å². The molecule has 0 aromatic heterocycles. The van der Waals surface area contributed by atoms with Gasteiger partial charge in [-0.05, 0) is 82.5 Å². The maximum Gasteiger partial charge on any atom is 0.255 e. The zero-order valence-electron chi connectivity index (χ0n) is 16.4. The Balaban J connectivity index is 1.68. The quantitative estimate of drug-likeness (QED) is 0.753. The molecule has 1 atom stereocenters. The molecule has 0 saturated carbocycles. The highest BCUT2D eigenvalue weighted by Crippen LogP contribution is 2.31. The van der Waals surface area contributed by atoms with Gasteiger partial charge < -0.3 is 20.7 Å². The van der Waals surface area contributed by atoms with Crippen LogP contribution < -0.4 is 20.7 Å². The number of nitrogens with one attached hydrogen (secondary N) is 1. The Morgan fingerprint density at radius 1 is 1.19 bits per heavy atom. The van der Waals surface area contributed by atoms with Crippen LogP contribution in [0.1, 0.15) is 50.4 Å². The molecule has 3 rings (SSSR count). The van der Waals surface area contributed by atoms with E-state index in [1.807, 2.05) is 44.2 Å². The number of hydrogen-bond acceptors (Lipinski definition) is 4. The first-order chi connectivity index (χ1) is 12.9. The molecule has 1 fully saturated rings. The van der Waals surface area contributed by atoms with Crippen molar-refractivity contribution in [3.63, 3.8) is 0 Å². The number of anilines is 3. The number of nitrogen functional groups attached to an aromatic ring is 1. The summed E-state index contributed by atoms with van der Waals surface area (Å²) in [5, 5.41) is 2.92. The second-order valence-corrected chi connectivity index (χ2v) is 7.46. The van der Waals surface area contributed by atoms with Crippen LogP contribution in [0.4, 0.5) is 17.1 Å². The van der Waals surface area contributed by atoms with Crippen LogP contribution in [0.5, 0.6) is 5.75 Å². The maximum atomic E-state index is 12.5. The molecule has 1 unspecified atom stereocenters. The van der Waals surface area contributed by atoms with Crippen LogP contribution in [0.2, 0.25) is 0 Å². The van der Waals surface area contributed by atoms with E-state index in [-0.39, 0.29) is 12.0 Å². The molecular weight excluding hydrogens is 338 g/mol. The highest BCUT2D eigenvalue weighted by Gasteiger charge is 2.20. The van der Waals surface area contributed by atoms with Crippen molar-refractivity contribution in [2.24, 2.45) is 0 Å². The summed E-state index contributed by atoms with van der Waals surface area (Å²) in [6, 6.07) is 13.4. The third-order valence-corrected chi connectivity index (χ3v) is 4.89. The van der Waals surface area contributed by atoms with E-state index in [4.69, 9.17) is 10.5 Å². The Kier molecular flexibility index (Phi) is 5.89. The van der Waals surface area contributed by atoms with Crippen molar-refractivity contribution in [3.8, 4) is 5.75 Å². The minimum atomic E-state index is -0.162. The standard InChI is InChI=1S/C22H29N3O2/c1-15(2)27-19-10-7-17(8-11-19)22(26)24-18-9-12-21(20(23)14-18)25-13-5-4-6-16(25)3/h7-12,14-16H,4-6,13,23H2,1-3H3,(H,24,26). The summed E-state index contributed by atoms with van der Waals surface area (Å²) in [6.07, 6.45) is 3.76. The molecule has 144 valence electrons. The Morgan fingerprint density at radius 3 is 2.56 bits per heavy atom. The van der Waals surface area contributed by atoms with Gasteiger partial charge in [-0.1, -0.05) is 0 Å². The number of amides is 1. The van der Waals surface area contributed by atoms with Gasteiger partial charge in [0, 0.05) is 23.8 Å². The summed E-state index contributed by atoms with van der Waals surface area (Å²) in [5.41, 5.74) is 9.32. The average molecular weight is 367 g/mol. The zero-order chi connectivity index (χ0) is 19.4. The highest BCUT2D eigenvalue weighted by molar-refractivity contribution is 6.04. The molecule has 1 saturated heterocycles. The summed E-state index contributed by atoms with van der Waals surface area (Å²) in [6.45, 7) is 7.21. The first-order valence-electron chi connectivity index (χ1n) is 9.68. The summed E-state index contributed by atoms with van der Waals surface area (Å²) < 4.78 is 5.61. The third kappa shape index (κ3) is 4.73. The van der Waals surface area contributed by atoms with Gasteiger partial charge in [0.15, 0.2) is 0 Å². The molecule has 0 aliphatic carbocycles. The molecule has 1 aliphatic heterocycles. The van der Waals surface area contributed by atoms with Gasteiger partial charge in [0.1, 0.15) is 5.75 Å². The monoisotopic (exact) mass is 367 g/mol. The lowest BCUT2D eigenvalue weighted by atomic mass is 10.0. The predicted octanol–water partition coefficient (Wildman–Crippen LogP) is 4.69. The lowest BCUT2D eigenvalue weighted by Gasteiger charge is -2.36. The van der Waals surface area contributed by atoms with Gasteiger partial charge >= 0.3 is 0 Å². The van der Waals surface area contributed by atoms with Crippen molar-refractivity contribution in [2.75, 3.05) is 22.5 Å². The number of carbonyl (C=O) groups excluding carboxylic acids is 1. The minimum absolute atomic E-state index is 0.105. The van der Waals surface area contributed by atoms with E-state index in [0.29, 0.717) is 23.0 Å². The van der Waals surface area contributed by atoms with Crippen LogP contribution >= 0.6 is 0 Å². The Bertz CT molecular complexity index is 787. The molecule has 5 heteroatoms. The van der Waals surface area contributed by atoms with Gasteiger partial charge in [-0.15, -0.1) is 0 Å². The Labute approximate surface area is 161 Å². The number of piperidine rings is 1. The molecular formula is C22H29N3O2. The second-order valence-electron chi connectivity index (χ2n) is 7.46. The van der Waals surface area contributed by atoms with Crippen molar-refractivity contribution < 1.29 is 9.53 Å². The van der Waals surface area contributed by atoms with E-state index in [9.17, 15) is 4.79 Å². The van der Waals surface area contributed by atoms with Crippen molar-refractivity contribution in [2.45, 2.75) is 52.2 Å². The van der Waals surface area contributed by atoms with Crippen LogP contribution in [0.25, 0.3) is 0 Å². The number of nitrogens with two attached hydrogens (primary N) is 1. The topological polar surface area (TPSA) is 67.6 Å². The van der Waals surface area contributed by atoms with E-state index in [2.05, 4.69) is 17.1 Å². The number of benzene rings is 2. The number of carbonyl (C=O) groups is 1. The van der Waals surface area contributed by atoms with Gasteiger partial charge in [-0.3, -0.25) is 4.79 Å². The van der Waals surface area contributed by atoms with Gasteiger partial charge in [-0.25, -0.2) is 0 Å². The predicted molar refractivity (Wildman–Crippen MR) is 112 cm³/mol. The normalized spacial score (nSPS) is 17.0. The summed E-state index contributed by atoms with van der Waals surface area (Å²) in [5.74, 6) is 0.593. The van der Waals surface area contributed by atoms with Crippen molar-refractivity contribution in [3.05, 3.63) is 48.0 Å². The zero-order valence-corrected chi connectivity index (χ0v) is 16.4. The third-order valence-electron chi connectivity index (χ3n) is 4.89. The van der Waals surface area contributed by atoms with Gasteiger partial charge in [-0.2, -0.15) is 0 Å². The van der Waals surface area contributed by atoms with E-state index in [0.717, 1.165) is 18.0 Å². The van der Waals surface area contributed by atoms with Crippen LogP contribution in [0.15, 0.2) is 42.5 Å². The Hall–Kier alpha value is -2.69. The average Bonchev–Trinajstić information content (AvgIpc) is 2.63. The number of ether oxygens (including phenoxy) is 1. The number of nitrogens with zero attached hydrogens (tertiary/aromatic N) is 1. The van der Waals surface area contributed by atoms with Gasteiger partial charge in [0.05, 0.1) is 17.5 Å². The largest absolute Gasteiger partial charge is 0.491 e. The van der Waals surface area contributed by atoms with E-state index < -0.39 is 0 Å². The van der Waals surface area contributed by atoms with Crippen LogP contribution in [-0.2, 0) is 0 Å². The summed E-state index contributed by atoms with van der Waals surface area (Å²) >= 11 is 0. The summed E-state index contributed by atoms with van der Waals surface area (Å²) in [4.78, 5) is 14.9. The number of hydrogen-bond donors (Lipinski definition) is 2. The van der Waals surface area contributed by atoms with Gasteiger partial charge in [0.25, 0.3) is 5.91 Å². The molecule has 5 nitrogen and oxygen atoms in total. The first-order valence-corrected chi connectivity index (χ1v) is 9.68. The molecule has 1 heterocycles. The molecule has 3 N–H and O–H groups in total. The fraction of sp³-hybridized carbons (Fsp3) is 0.409. The highest BCUT2D eigenvalue weighted by atomic mass is 16.5. The number of rotatable bonds is 5. The molecule has 1 amide bonds.